The molecule has 6 heteroatoms. The number of amides is 1. The first kappa shape index (κ1) is 14.4. The summed E-state index contributed by atoms with van der Waals surface area (Å²) in [5, 5.41) is 14.6. The van der Waals surface area contributed by atoms with Crippen molar-refractivity contribution in [2.24, 2.45) is 5.10 Å². The monoisotopic (exact) mass is 283 g/mol. The Kier molecular flexibility index (Phi) is 4.40. The molecule has 2 rings (SSSR count). The lowest BCUT2D eigenvalue weighted by atomic mass is 10.1. The highest BCUT2D eigenvalue weighted by Crippen LogP contribution is 2.15. The van der Waals surface area contributed by atoms with Gasteiger partial charge in [0.1, 0.15) is 0 Å². The number of carbonyl (C=O) groups is 1. The summed E-state index contributed by atoms with van der Waals surface area (Å²) >= 11 is 0. The van der Waals surface area contributed by atoms with Gasteiger partial charge in [-0.3, -0.25) is 14.9 Å². The maximum atomic E-state index is 11.8. The third kappa shape index (κ3) is 3.73. The van der Waals surface area contributed by atoms with E-state index in [1.165, 1.54) is 12.3 Å². The molecule has 2 aromatic rings. The van der Waals surface area contributed by atoms with Gasteiger partial charge < -0.3 is 0 Å². The number of nitrogens with zero attached hydrogens (tertiary/aromatic N) is 2. The van der Waals surface area contributed by atoms with Crippen molar-refractivity contribution in [3.8, 4) is 0 Å². The highest BCUT2D eigenvalue weighted by molar-refractivity contribution is 5.95. The summed E-state index contributed by atoms with van der Waals surface area (Å²) in [7, 11) is 0. The predicted molar refractivity (Wildman–Crippen MR) is 79.3 cm³/mol. The van der Waals surface area contributed by atoms with Crippen molar-refractivity contribution in [2.75, 3.05) is 0 Å². The van der Waals surface area contributed by atoms with Crippen LogP contribution in [0.15, 0.2) is 53.6 Å². The third-order valence-electron chi connectivity index (χ3n) is 2.82. The van der Waals surface area contributed by atoms with Gasteiger partial charge in [0, 0.05) is 11.6 Å². The van der Waals surface area contributed by atoms with E-state index in [0.717, 1.165) is 5.56 Å². The lowest BCUT2D eigenvalue weighted by molar-refractivity contribution is -0.385. The molecule has 0 bridgehead atoms. The second-order valence-corrected chi connectivity index (χ2v) is 4.38. The maximum Gasteiger partial charge on any atom is 0.278 e. The molecule has 106 valence electrons. The third-order valence-corrected chi connectivity index (χ3v) is 2.82. The minimum Gasteiger partial charge on any atom is -0.267 e. The van der Waals surface area contributed by atoms with Gasteiger partial charge in [-0.25, -0.2) is 5.43 Å². The summed E-state index contributed by atoms with van der Waals surface area (Å²) in [6.07, 6.45) is 1.25. The van der Waals surface area contributed by atoms with Gasteiger partial charge in [0.25, 0.3) is 11.6 Å². The van der Waals surface area contributed by atoms with Gasteiger partial charge in [0.15, 0.2) is 0 Å². The standard InChI is InChI=1S/C15H13N3O3/c1-11-6-8-12(9-7-11)15(19)17-16-10-13-4-2-3-5-14(13)18(20)21/h2-10H,1H3,(H,17,19)/b16-10+. The molecule has 1 amide bonds. The molecule has 2 aromatic carbocycles. The Bertz CT molecular complexity index is 694. The number of nitro groups is 1. The number of hydrazone groups is 1. The first-order valence-electron chi connectivity index (χ1n) is 6.21. The lowest BCUT2D eigenvalue weighted by Crippen LogP contribution is -2.17. The molecule has 0 heterocycles. The van der Waals surface area contributed by atoms with Gasteiger partial charge in [0.2, 0.25) is 0 Å². The molecule has 21 heavy (non-hydrogen) atoms. The molecule has 0 spiro atoms. The van der Waals surface area contributed by atoms with Crippen LogP contribution >= 0.6 is 0 Å². The van der Waals surface area contributed by atoms with E-state index < -0.39 is 4.92 Å². The zero-order chi connectivity index (χ0) is 15.2. The molecule has 0 unspecified atom stereocenters. The van der Waals surface area contributed by atoms with Crippen molar-refractivity contribution in [1.29, 1.82) is 0 Å². The Hall–Kier alpha value is -3.02. The second-order valence-electron chi connectivity index (χ2n) is 4.38. The van der Waals surface area contributed by atoms with Crippen molar-refractivity contribution in [3.05, 3.63) is 75.3 Å². The summed E-state index contributed by atoms with van der Waals surface area (Å²) in [6.45, 7) is 1.92. The summed E-state index contributed by atoms with van der Waals surface area (Å²) < 4.78 is 0. The molecule has 0 aliphatic rings. The van der Waals surface area contributed by atoms with Crippen molar-refractivity contribution < 1.29 is 9.72 Å². The smallest absolute Gasteiger partial charge is 0.267 e. The van der Waals surface area contributed by atoms with E-state index in [4.69, 9.17) is 0 Å². The van der Waals surface area contributed by atoms with Crippen LogP contribution in [0.1, 0.15) is 21.5 Å². The molecule has 1 N–H and O–H groups in total. The number of carbonyl (C=O) groups excluding carboxylic acids is 1. The molecule has 0 saturated carbocycles. The first-order chi connectivity index (χ1) is 10.1. The van der Waals surface area contributed by atoms with Crippen LogP contribution in [0, 0.1) is 17.0 Å². The molecule has 0 atom stereocenters. The Morgan fingerprint density at radius 3 is 2.52 bits per heavy atom. The quantitative estimate of drug-likeness (QED) is 0.532. The fourth-order valence-corrected chi connectivity index (χ4v) is 1.69. The van der Waals surface area contributed by atoms with Gasteiger partial charge in [-0.05, 0) is 25.1 Å². The average molecular weight is 283 g/mol. The van der Waals surface area contributed by atoms with Crippen LogP contribution in [0.2, 0.25) is 0 Å². The Balaban J connectivity index is 2.07. The maximum absolute atomic E-state index is 11.8. The Morgan fingerprint density at radius 1 is 1.19 bits per heavy atom. The largest absolute Gasteiger partial charge is 0.278 e. The molecule has 6 nitrogen and oxygen atoms in total. The van der Waals surface area contributed by atoms with Crippen LogP contribution < -0.4 is 5.43 Å². The summed E-state index contributed by atoms with van der Waals surface area (Å²) in [5.74, 6) is -0.371. The van der Waals surface area contributed by atoms with E-state index in [1.54, 1.807) is 30.3 Å². The van der Waals surface area contributed by atoms with Gasteiger partial charge in [-0.2, -0.15) is 5.10 Å². The van der Waals surface area contributed by atoms with Gasteiger partial charge in [-0.1, -0.05) is 29.8 Å². The van der Waals surface area contributed by atoms with Crippen LogP contribution in [0.5, 0.6) is 0 Å². The molecule has 0 saturated heterocycles. The molecule has 0 radical (unpaired) electrons. The molecule has 0 aliphatic carbocycles. The number of nitro benzene ring substituents is 1. The van der Waals surface area contributed by atoms with Gasteiger partial charge >= 0.3 is 0 Å². The SMILES string of the molecule is Cc1ccc(C(=O)N/N=C/c2ccccc2[N+](=O)[O-])cc1. The Morgan fingerprint density at radius 2 is 1.86 bits per heavy atom. The number of hydrogen-bond acceptors (Lipinski definition) is 4. The van der Waals surface area contributed by atoms with E-state index in [2.05, 4.69) is 10.5 Å². The van der Waals surface area contributed by atoms with E-state index in [0.29, 0.717) is 11.1 Å². The number of nitrogens with one attached hydrogen (secondary N) is 1. The van der Waals surface area contributed by atoms with Crippen LogP contribution in [-0.2, 0) is 0 Å². The van der Waals surface area contributed by atoms with Gasteiger partial charge in [0.05, 0.1) is 16.7 Å². The van der Waals surface area contributed by atoms with Crippen LogP contribution in [0.25, 0.3) is 0 Å². The highest BCUT2D eigenvalue weighted by atomic mass is 16.6. The number of benzene rings is 2. The predicted octanol–water partition coefficient (Wildman–Crippen LogP) is 2.67. The number of aryl methyl sites for hydroxylation is 1. The summed E-state index contributed by atoms with van der Waals surface area (Å²) in [5.41, 5.74) is 4.13. The highest BCUT2D eigenvalue weighted by Gasteiger charge is 2.10. The molecular formula is C15H13N3O3. The van der Waals surface area contributed by atoms with Crippen molar-refractivity contribution >= 4 is 17.8 Å². The molecule has 0 fully saturated rings. The second kappa shape index (κ2) is 6.42. The summed E-state index contributed by atoms with van der Waals surface area (Å²) in [6, 6.07) is 13.2. The normalized spacial score (nSPS) is 10.5. The number of para-hydroxylation sites is 1. The Labute approximate surface area is 121 Å². The van der Waals surface area contributed by atoms with Crippen LogP contribution in [-0.4, -0.2) is 17.0 Å². The topological polar surface area (TPSA) is 84.6 Å². The lowest BCUT2D eigenvalue weighted by Gasteiger charge is -2.00. The molecule has 0 aromatic heterocycles. The van der Waals surface area contributed by atoms with E-state index in [1.807, 2.05) is 19.1 Å². The van der Waals surface area contributed by atoms with E-state index in [-0.39, 0.29) is 11.6 Å². The van der Waals surface area contributed by atoms with Gasteiger partial charge in [-0.15, -0.1) is 0 Å². The summed E-state index contributed by atoms with van der Waals surface area (Å²) in [4.78, 5) is 22.1. The van der Waals surface area contributed by atoms with Crippen LogP contribution in [0.3, 0.4) is 0 Å². The fourth-order valence-electron chi connectivity index (χ4n) is 1.69. The zero-order valence-corrected chi connectivity index (χ0v) is 11.3. The van der Waals surface area contributed by atoms with E-state index in [9.17, 15) is 14.9 Å². The van der Waals surface area contributed by atoms with Crippen molar-refractivity contribution in [3.63, 3.8) is 0 Å². The number of hydrogen-bond donors (Lipinski definition) is 1. The zero-order valence-electron chi connectivity index (χ0n) is 11.3. The average Bonchev–Trinajstić information content (AvgIpc) is 2.48. The minimum atomic E-state index is -0.497. The minimum absolute atomic E-state index is 0.0640. The fraction of sp³-hybridized carbons (Fsp3) is 0.0667. The van der Waals surface area contributed by atoms with Crippen LogP contribution in [0.4, 0.5) is 5.69 Å². The van der Waals surface area contributed by atoms with Crippen molar-refractivity contribution in [1.82, 2.24) is 5.43 Å². The number of rotatable bonds is 4. The van der Waals surface area contributed by atoms with Crippen molar-refractivity contribution in [2.45, 2.75) is 6.92 Å². The molecular weight excluding hydrogens is 270 g/mol. The first-order valence-corrected chi connectivity index (χ1v) is 6.21. The molecule has 0 aliphatic heterocycles. The van der Waals surface area contributed by atoms with E-state index >= 15 is 0 Å².